The van der Waals surface area contributed by atoms with Crippen LogP contribution in [-0.4, -0.2) is 21.8 Å². The standard InChI is InChI=1S/C5H8.3BF4.K.H/c1-4-2-5(1)3-4;3*2-1(3,4)5;;/h4-5H,1-3H2;;;;;/q;3*-1;+1;-1. The van der Waals surface area contributed by atoms with Gasteiger partial charge >= 0.3 is 73.1 Å². The summed E-state index contributed by atoms with van der Waals surface area (Å²) in [7, 11) is -18.0. The molecule has 0 radical (unpaired) electrons. The molecule has 0 nitrogen and oxygen atoms in total. The van der Waals surface area contributed by atoms with E-state index in [0.717, 1.165) is 0 Å². The monoisotopic (exact) mass is 369 g/mol. The fourth-order valence-corrected chi connectivity index (χ4v) is 1.21. The van der Waals surface area contributed by atoms with E-state index in [1.165, 1.54) is 11.8 Å². The number of halogens is 12. The summed E-state index contributed by atoms with van der Waals surface area (Å²) >= 11 is 0. The van der Waals surface area contributed by atoms with E-state index in [1.807, 2.05) is 0 Å². The molecule has 21 heavy (non-hydrogen) atoms. The van der Waals surface area contributed by atoms with E-state index in [2.05, 4.69) is 0 Å². The van der Waals surface area contributed by atoms with Gasteiger partial charge in [-0.2, -0.15) is 0 Å². The Morgan fingerprint density at radius 1 is 0.476 bits per heavy atom. The minimum atomic E-state index is -6.00. The third kappa shape index (κ3) is 44.9. The van der Waals surface area contributed by atoms with Gasteiger partial charge in [0.2, 0.25) is 0 Å². The van der Waals surface area contributed by atoms with Crippen molar-refractivity contribution in [1.29, 1.82) is 0 Å². The zero-order chi connectivity index (χ0) is 16.8. The molecule has 0 aromatic rings. The Kier molecular flexibility index (Phi) is 13.7. The van der Waals surface area contributed by atoms with Crippen molar-refractivity contribution < 1.29 is 105 Å². The summed E-state index contributed by atoms with van der Waals surface area (Å²) in [4.78, 5) is 0. The molecule has 2 bridgehead atoms. The third-order valence-corrected chi connectivity index (χ3v) is 2.00. The van der Waals surface area contributed by atoms with E-state index < -0.39 is 21.8 Å². The molecule has 0 atom stereocenters. The van der Waals surface area contributed by atoms with Crippen LogP contribution in [-0.2, 0) is 0 Å². The minimum Gasteiger partial charge on any atom is -1.00 e. The molecule has 3 rings (SSSR count). The second-order valence-corrected chi connectivity index (χ2v) is 3.92. The van der Waals surface area contributed by atoms with Crippen molar-refractivity contribution in [3.63, 3.8) is 0 Å². The molecular formula is C5H9B3F12K-3. The van der Waals surface area contributed by atoms with Crippen molar-refractivity contribution in [2.45, 2.75) is 19.3 Å². The van der Waals surface area contributed by atoms with Gasteiger partial charge in [-0.25, -0.2) is 0 Å². The second kappa shape index (κ2) is 10.7. The molecule has 0 saturated heterocycles. The quantitative estimate of drug-likeness (QED) is 0.455. The molecule has 0 aromatic carbocycles. The van der Waals surface area contributed by atoms with Crippen molar-refractivity contribution in [2.24, 2.45) is 11.8 Å². The van der Waals surface area contributed by atoms with Crippen molar-refractivity contribution in [3.05, 3.63) is 0 Å². The summed E-state index contributed by atoms with van der Waals surface area (Å²) in [6.45, 7) is 0. The number of rotatable bonds is 0. The molecule has 0 N–H and O–H groups in total. The first-order valence-electron chi connectivity index (χ1n) is 5.07. The first-order valence-corrected chi connectivity index (χ1v) is 5.07. The molecule has 0 unspecified atom stereocenters. The van der Waals surface area contributed by atoms with Crippen LogP contribution >= 0.6 is 0 Å². The van der Waals surface area contributed by atoms with Crippen molar-refractivity contribution in [1.82, 2.24) is 0 Å². The van der Waals surface area contributed by atoms with E-state index in [1.54, 1.807) is 19.3 Å². The molecule has 3 fully saturated rings. The van der Waals surface area contributed by atoms with Gasteiger partial charge in [0.1, 0.15) is 0 Å². The van der Waals surface area contributed by atoms with Crippen LogP contribution in [0.3, 0.4) is 0 Å². The molecule has 0 aromatic heterocycles. The normalized spacial score (nSPS) is 22.3. The summed E-state index contributed by atoms with van der Waals surface area (Å²) in [5.41, 5.74) is 0. The maximum absolute atomic E-state index is 9.75. The molecule has 0 heterocycles. The maximum Gasteiger partial charge on any atom is 1.00 e. The Bertz CT molecular complexity index is 200. The van der Waals surface area contributed by atoms with Gasteiger partial charge in [0.15, 0.2) is 0 Å². The van der Waals surface area contributed by atoms with Crippen LogP contribution in [0.2, 0.25) is 0 Å². The number of hydrogen-bond acceptors (Lipinski definition) is 0. The topological polar surface area (TPSA) is 0 Å². The first kappa shape index (κ1) is 26.9. The Balaban J connectivity index is -0.0000000953. The Hall–Kier alpha value is 0.991. The molecule has 16 heteroatoms. The second-order valence-electron chi connectivity index (χ2n) is 3.92. The van der Waals surface area contributed by atoms with Crippen LogP contribution in [0.5, 0.6) is 0 Å². The summed E-state index contributed by atoms with van der Waals surface area (Å²) in [6, 6.07) is 0. The molecule has 126 valence electrons. The van der Waals surface area contributed by atoms with E-state index in [-0.39, 0.29) is 52.8 Å². The zero-order valence-corrected chi connectivity index (χ0v) is 13.7. The van der Waals surface area contributed by atoms with E-state index >= 15 is 0 Å². The van der Waals surface area contributed by atoms with Crippen molar-refractivity contribution in [2.75, 3.05) is 0 Å². The molecule has 3 aliphatic carbocycles. The molecule has 0 spiro atoms. The van der Waals surface area contributed by atoms with Crippen LogP contribution in [0.15, 0.2) is 0 Å². The Morgan fingerprint density at radius 2 is 0.524 bits per heavy atom. The number of hydrogen-bond donors (Lipinski definition) is 0. The van der Waals surface area contributed by atoms with Crippen LogP contribution in [0.4, 0.5) is 51.8 Å². The molecular weight excluding hydrogens is 360 g/mol. The molecule has 3 aliphatic rings. The summed E-state index contributed by atoms with van der Waals surface area (Å²) in [5.74, 6) is 2.42. The SMILES string of the molecule is C1C2CC1C2.F[B-](F)(F)F.F[B-](F)(F)F.F[B-](F)(F)F.[H-].[K+]. The Labute approximate surface area is 156 Å². The first-order chi connectivity index (χ1) is 8.45. The third-order valence-electron chi connectivity index (χ3n) is 2.00. The fraction of sp³-hybridized carbons (Fsp3) is 1.00. The van der Waals surface area contributed by atoms with Gasteiger partial charge in [0, 0.05) is 0 Å². The van der Waals surface area contributed by atoms with Gasteiger partial charge in [-0.15, -0.1) is 0 Å². The zero-order valence-electron chi connectivity index (χ0n) is 11.5. The summed E-state index contributed by atoms with van der Waals surface area (Å²) < 4.78 is 117. The van der Waals surface area contributed by atoms with E-state index in [9.17, 15) is 51.8 Å². The summed E-state index contributed by atoms with van der Waals surface area (Å²) in [5, 5.41) is 0. The predicted molar refractivity (Wildman–Crippen MR) is 52.5 cm³/mol. The van der Waals surface area contributed by atoms with Crippen LogP contribution in [0, 0.1) is 11.8 Å². The Morgan fingerprint density at radius 3 is 0.524 bits per heavy atom. The van der Waals surface area contributed by atoms with Gasteiger partial charge in [-0.1, -0.05) is 0 Å². The molecule has 0 amide bonds. The fourth-order valence-electron chi connectivity index (χ4n) is 1.21. The maximum atomic E-state index is 9.75. The van der Waals surface area contributed by atoms with Crippen molar-refractivity contribution >= 4 is 21.8 Å². The van der Waals surface area contributed by atoms with Gasteiger partial charge in [0.25, 0.3) is 0 Å². The van der Waals surface area contributed by atoms with Gasteiger partial charge in [0.05, 0.1) is 0 Å². The minimum absolute atomic E-state index is 0. The predicted octanol–water partition coefficient (Wildman–Crippen LogP) is 2.43. The van der Waals surface area contributed by atoms with Crippen LogP contribution < -0.4 is 51.4 Å². The van der Waals surface area contributed by atoms with Gasteiger partial charge < -0.3 is 53.2 Å². The molecule has 0 aliphatic heterocycles. The largest absolute Gasteiger partial charge is 1.00 e. The van der Waals surface area contributed by atoms with Gasteiger partial charge in [-0.05, 0) is 31.1 Å². The van der Waals surface area contributed by atoms with Gasteiger partial charge in [-0.3, -0.25) is 0 Å². The average Bonchev–Trinajstić information content (AvgIpc) is 1.57. The van der Waals surface area contributed by atoms with Crippen LogP contribution in [0.1, 0.15) is 20.7 Å². The molecule has 3 saturated carbocycles. The van der Waals surface area contributed by atoms with E-state index in [0.29, 0.717) is 0 Å². The summed E-state index contributed by atoms with van der Waals surface area (Å²) in [6.07, 6.45) is 4.75. The average molecular weight is 369 g/mol. The van der Waals surface area contributed by atoms with Crippen molar-refractivity contribution in [3.8, 4) is 0 Å². The van der Waals surface area contributed by atoms with E-state index in [4.69, 9.17) is 0 Å². The smallest absolute Gasteiger partial charge is 1.00 e. The van der Waals surface area contributed by atoms with Crippen LogP contribution in [0.25, 0.3) is 0 Å².